The number of amidine groups is 1. The van der Waals surface area contributed by atoms with Gasteiger partial charge in [0.05, 0.1) is 11.3 Å². The lowest BCUT2D eigenvalue weighted by Crippen LogP contribution is -2.22. The summed E-state index contributed by atoms with van der Waals surface area (Å²) in [5.74, 6) is -1.61. The lowest BCUT2D eigenvalue weighted by molar-refractivity contribution is 0.0698. The fourth-order valence-electron chi connectivity index (χ4n) is 1.20. The molecule has 7 nitrogen and oxygen atoms in total. The van der Waals surface area contributed by atoms with Gasteiger partial charge < -0.3 is 10.8 Å². The number of hydrogen-bond acceptors (Lipinski definition) is 5. The van der Waals surface area contributed by atoms with Crippen molar-refractivity contribution in [1.29, 1.82) is 10.7 Å². The van der Waals surface area contributed by atoms with Crippen molar-refractivity contribution in [2.24, 2.45) is 10.8 Å². The van der Waals surface area contributed by atoms with Crippen molar-refractivity contribution in [3.8, 4) is 6.07 Å². The van der Waals surface area contributed by atoms with Gasteiger partial charge in [0, 0.05) is 0 Å². The molecule has 0 aliphatic carbocycles. The van der Waals surface area contributed by atoms with Gasteiger partial charge in [0.15, 0.2) is 5.84 Å². The van der Waals surface area contributed by atoms with Crippen LogP contribution in [0.5, 0.6) is 0 Å². The quantitative estimate of drug-likeness (QED) is 0.355. The number of carboxylic acids is 1. The topological polar surface area (TPSA) is 135 Å². The first-order valence-electron chi connectivity index (χ1n) is 4.88. The number of carbonyl (C=O) groups is 1. The molecule has 1 rings (SSSR count). The zero-order valence-corrected chi connectivity index (χ0v) is 9.56. The minimum atomic E-state index is -1.12. The van der Waals surface area contributed by atoms with E-state index in [0.29, 0.717) is 0 Å². The number of rotatable bonds is 4. The molecule has 0 spiro atoms. The van der Waals surface area contributed by atoms with E-state index in [2.05, 4.69) is 10.5 Å². The van der Waals surface area contributed by atoms with Gasteiger partial charge in [0.25, 0.3) is 0 Å². The Morgan fingerprint density at radius 3 is 2.78 bits per heavy atom. The number of hydrogen-bond donors (Lipinski definition) is 4. The average Bonchev–Trinajstić information content (AvgIpc) is 2.29. The summed E-state index contributed by atoms with van der Waals surface area (Å²) in [4.78, 5) is 11.0. The third-order valence-electron chi connectivity index (χ3n) is 2.05. The number of benzene rings is 1. The second kappa shape index (κ2) is 5.45. The third kappa shape index (κ3) is 3.05. The van der Waals surface area contributed by atoms with Gasteiger partial charge in [-0.3, -0.25) is 10.8 Å². The Hall–Kier alpha value is -2.88. The summed E-state index contributed by atoms with van der Waals surface area (Å²) in [7, 11) is 0. The molecule has 0 unspecified atom stereocenters. The second-order valence-electron chi connectivity index (χ2n) is 3.45. The van der Waals surface area contributed by atoms with Crippen molar-refractivity contribution in [3.63, 3.8) is 0 Å². The Labute approximate surface area is 103 Å². The molecule has 0 aromatic heterocycles. The molecular formula is C11H11N5O2. The number of nitrogens with two attached hydrogens (primary N) is 1. The van der Waals surface area contributed by atoms with Crippen molar-refractivity contribution >= 4 is 23.2 Å². The van der Waals surface area contributed by atoms with Gasteiger partial charge in [-0.05, 0) is 24.6 Å². The van der Waals surface area contributed by atoms with Crippen LogP contribution in [-0.2, 0) is 0 Å². The monoisotopic (exact) mass is 245 g/mol. The number of nitrogens with one attached hydrogen (secondary N) is 2. The van der Waals surface area contributed by atoms with Gasteiger partial charge in [-0.1, -0.05) is 6.07 Å². The third-order valence-corrected chi connectivity index (χ3v) is 2.05. The number of carboxylic acid groups (broad SMARTS) is 1. The molecule has 0 fully saturated rings. The van der Waals surface area contributed by atoms with Crippen LogP contribution in [0.4, 0.5) is 5.69 Å². The van der Waals surface area contributed by atoms with Crippen LogP contribution in [0.2, 0.25) is 0 Å². The van der Waals surface area contributed by atoms with Crippen molar-refractivity contribution in [2.45, 2.75) is 6.92 Å². The molecule has 0 aliphatic rings. The van der Waals surface area contributed by atoms with Gasteiger partial charge in [0.1, 0.15) is 6.07 Å². The van der Waals surface area contributed by atoms with E-state index >= 15 is 0 Å². The molecule has 18 heavy (non-hydrogen) atoms. The molecule has 7 heteroatoms. The SMILES string of the molecule is Cc1ccc(C(=O)O)c(N/N=C(\C#N)C(=N)N)c1. The second-order valence-corrected chi connectivity index (χ2v) is 3.45. The van der Waals surface area contributed by atoms with Crippen molar-refractivity contribution in [3.05, 3.63) is 29.3 Å². The number of anilines is 1. The van der Waals surface area contributed by atoms with Crippen LogP contribution in [-0.4, -0.2) is 22.6 Å². The van der Waals surface area contributed by atoms with Gasteiger partial charge in [-0.25, -0.2) is 4.79 Å². The fourth-order valence-corrected chi connectivity index (χ4v) is 1.20. The molecule has 0 amide bonds. The Morgan fingerprint density at radius 2 is 2.28 bits per heavy atom. The molecule has 0 heterocycles. The van der Waals surface area contributed by atoms with Gasteiger partial charge in [-0.2, -0.15) is 10.4 Å². The molecular weight excluding hydrogens is 234 g/mol. The average molecular weight is 245 g/mol. The van der Waals surface area contributed by atoms with E-state index in [0.717, 1.165) is 5.56 Å². The Balaban J connectivity index is 3.11. The number of hydrazone groups is 1. The van der Waals surface area contributed by atoms with Crippen LogP contribution >= 0.6 is 0 Å². The highest BCUT2D eigenvalue weighted by atomic mass is 16.4. The van der Waals surface area contributed by atoms with Crippen LogP contribution in [0.1, 0.15) is 15.9 Å². The standard InChI is InChI=1S/C11H11N5O2/c1-6-2-3-7(11(17)18)8(4-6)15-16-9(5-12)10(13)14/h2-4,15H,1H3,(H3,13,14)(H,17,18)/b16-9+. The van der Waals surface area contributed by atoms with Crippen molar-refractivity contribution in [2.75, 3.05) is 5.43 Å². The van der Waals surface area contributed by atoms with E-state index in [1.54, 1.807) is 25.1 Å². The predicted molar refractivity (Wildman–Crippen MR) is 66.7 cm³/mol. The van der Waals surface area contributed by atoms with E-state index in [9.17, 15) is 4.79 Å². The molecule has 0 aliphatic heterocycles. The summed E-state index contributed by atoms with van der Waals surface area (Å²) < 4.78 is 0. The fraction of sp³-hybridized carbons (Fsp3) is 0.0909. The summed E-state index contributed by atoms with van der Waals surface area (Å²) in [5.41, 5.74) is 8.32. The van der Waals surface area contributed by atoms with Crippen LogP contribution in [0.25, 0.3) is 0 Å². The highest BCUT2D eigenvalue weighted by Gasteiger charge is 2.10. The van der Waals surface area contributed by atoms with Crippen molar-refractivity contribution < 1.29 is 9.90 Å². The zero-order valence-electron chi connectivity index (χ0n) is 9.56. The highest BCUT2D eigenvalue weighted by molar-refractivity contribution is 6.45. The van der Waals surface area contributed by atoms with E-state index in [4.69, 9.17) is 21.5 Å². The van der Waals surface area contributed by atoms with Crippen LogP contribution < -0.4 is 11.2 Å². The molecule has 0 bridgehead atoms. The van der Waals surface area contributed by atoms with Crippen LogP contribution in [0.3, 0.4) is 0 Å². The zero-order chi connectivity index (χ0) is 13.7. The largest absolute Gasteiger partial charge is 0.478 e. The first kappa shape index (κ1) is 13.2. The first-order chi connectivity index (χ1) is 8.45. The Bertz CT molecular complexity index is 571. The highest BCUT2D eigenvalue weighted by Crippen LogP contribution is 2.17. The molecule has 0 radical (unpaired) electrons. The van der Waals surface area contributed by atoms with E-state index < -0.39 is 11.8 Å². The minimum absolute atomic E-state index is 0.0187. The molecule has 0 saturated heterocycles. The maximum absolute atomic E-state index is 11.0. The number of aromatic carboxylic acids is 1. The predicted octanol–water partition coefficient (Wildman–Crippen LogP) is 0.921. The Morgan fingerprint density at radius 1 is 1.61 bits per heavy atom. The van der Waals surface area contributed by atoms with Gasteiger partial charge in [-0.15, -0.1) is 0 Å². The summed E-state index contributed by atoms with van der Waals surface area (Å²) in [6.45, 7) is 1.79. The van der Waals surface area contributed by atoms with E-state index in [1.807, 2.05) is 0 Å². The number of aryl methyl sites for hydroxylation is 1. The number of nitrogens with zero attached hydrogens (tertiary/aromatic N) is 2. The lowest BCUT2D eigenvalue weighted by atomic mass is 10.1. The van der Waals surface area contributed by atoms with Crippen LogP contribution in [0.15, 0.2) is 23.3 Å². The van der Waals surface area contributed by atoms with Crippen LogP contribution in [0, 0.1) is 23.7 Å². The molecule has 92 valence electrons. The molecule has 0 atom stereocenters. The molecule has 0 saturated carbocycles. The van der Waals surface area contributed by atoms with E-state index in [-0.39, 0.29) is 17.0 Å². The molecule has 1 aromatic carbocycles. The first-order valence-corrected chi connectivity index (χ1v) is 4.88. The maximum atomic E-state index is 11.0. The summed E-state index contributed by atoms with van der Waals surface area (Å²) in [6.07, 6.45) is 0. The van der Waals surface area contributed by atoms with Crippen molar-refractivity contribution in [1.82, 2.24) is 0 Å². The smallest absolute Gasteiger partial charge is 0.337 e. The number of nitriles is 1. The minimum Gasteiger partial charge on any atom is -0.478 e. The van der Waals surface area contributed by atoms with E-state index in [1.165, 1.54) is 6.07 Å². The maximum Gasteiger partial charge on any atom is 0.337 e. The molecule has 1 aromatic rings. The lowest BCUT2D eigenvalue weighted by Gasteiger charge is -2.06. The summed E-state index contributed by atoms with van der Waals surface area (Å²) >= 11 is 0. The normalized spacial score (nSPS) is 10.6. The molecule has 5 N–H and O–H groups in total. The van der Waals surface area contributed by atoms with Gasteiger partial charge >= 0.3 is 5.97 Å². The summed E-state index contributed by atoms with van der Waals surface area (Å²) in [5, 5.41) is 28.3. The van der Waals surface area contributed by atoms with Gasteiger partial charge in [0.2, 0.25) is 5.71 Å². The Kier molecular flexibility index (Phi) is 3.99. The summed E-state index contributed by atoms with van der Waals surface area (Å²) in [6, 6.07) is 6.27.